The summed E-state index contributed by atoms with van der Waals surface area (Å²) < 4.78 is 12.3. The molecule has 9 nitrogen and oxygen atoms in total. The van der Waals surface area contributed by atoms with Gasteiger partial charge in [-0.25, -0.2) is 14.5 Å². The molecule has 0 saturated carbocycles. The van der Waals surface area contributed by atoms with Crippen LogP contribution in [-0.4, -0.2) is 94.2 Å². The third-order valence-electron chi connectivity index (χ3n) is 8.56. The third-order valence-corrected chi connectivity index (χ3v) is 8.56. The molecule has 3 saturated heterocycles. The molecule has 4 heterocycles. The minimum atomic E-state index is -0.935. The van der Waals surface area contributed by atoms with Gasteiger partial charge in [0.2, 0.25) is 6.35 Å². The largest absolute Gasteiger partial charge is 0.478 e. The Labute approximate surface area is 220 Å². The minimum Gasteiger partial charge on any atom is -0.478 e. The lowest BCUT2D eigenvalue weighted by Crippen LogP contribution is -2.67. The fraction of sp³-hybridized carbons (Fsp3) is 0.714. The van der Waals surface area contributed by atoms with Crippen molar-refractivity contribution in [2.75, 3.05) is 25.0 Å². The van der Waals surface area contributed by atoms with Crippen molar-refractivity contribution in [3.8, 4) is 5.75 Å². The van der Waals surface area contributed by atoms with Crippen molar-refractivity contribution in [3.63, 3.8) is 0 Å². The number of carboxylic acids is 1. The molecule has 5 atom stereocenters. The number of amides is 1. The summed E-state index contributed by atoms with van der Waals surface area (Å²) in [5.74, 6) is -0.307. The minimum absolute atomic E-state index is 0.00266. The number of carbonyl (C=O) groups excluding carboxylic acids is 1. The Balaban J connectivity index is 1.46. The molecule has 1 N–H and O–H groups in total. The van der Waals surface area contributed by atoms with Crippen molar-refractivity contribution >= 4 is 17.7 Å². The number of carboxylic acid groups (broad SMARTS) is 1. The first-order chi connectivity index (χ1) is 17.4. The van der Waals surface area contributed by atoms with Crippen LogP contribution in [0.15, 0.2) is 18.2 Å². The molecule has 5 rings (SSSR count). The molecule has 9 heteroatoms. The van der Waals surface area contributed by atoms with E-state index >= 15 is 0 Å². The summed E-state index contributed by atoms with van der Waals surface area (Å²) in [7, 11) is 2.24. The van der Waals surface area contributed by atoms with Gasteiger partial charge in [-0.1, -0.05) is 12.5 Å². The van der Waals surface area contributed by atoms with Crippen molar-refractivity contribution in [3.05, 3.63) is 23.8 Å². The van der Waals surface area contributed by atoms with Crippen molar-refractivity contribution < 1.29 is 24.2 Å². The maximum absolute atomic E-state index is 12.9. The highest BCUT2D eigenvalue weighted by Crippen LogP contribution is 2.47. The van der Waals surface area contributed by atoms with Crippen LogP contribution in [0.1, 0.15) is 77.1 Å². The molecule has 1 aromatic rings. The van der Waals surface area contributed by atoms with Crippen LogP contribution in [0.5, 0.6) is 5.75 Å². The molecule has 0 radical (unpaired) electrons. The van der Waals surface area contributed by atoms with E-state index in [1.165, 1.54) is 19.3 Å². The van der Waals surface area contributed by atoms with Gasteiger partial charge in [0.15, 0.2) is 0 Å². The average Bonchev–Trinajstić information content (AvgIpc) is 3.16. The second kappa shape index (κ2) is 9.66. The van der Waals surface area contributed by atoms with Crippen LogP contribution >= 0.6 is 0 Å². The highest BCUT2D eigenvalue weighted by molar-refractivity contribution is 5.97. The number of hydrogen-bond donors (Lipinski definition) is 1. The molecule has 4 aliphatic rings. The zero-order valence-electron chi connectivity index (χ0n) is 23.0. The average molecular weight is 515 g/mol. The normalized spacial score (nSPS) is 32.6. The van der Waals surface area contributed by atoms with Crippen molar-refractivity contribution in [1.82, 2.24) is 14.7 Å². The van der Waals surface area contributed by atoms with Gasteiger partial charge < -0.3 is 29.3 Å². The molecule has 204 valence electrons. The van der Waals surface area contributed by atoms with E-state index in [-0.39, 0.29) is 29.8 Å². The lowest BCUT2D eigenvalue weighted by Gasteiger charge is -2.53. The first-order valence-corrected chi connectivity index (χ1v) is 13.7. The van der Waals surface area contributed by atoms with Gasteiger partial charge in [-0.2, -0.15) is 0 Å². The molecule has 3 fully saturated rings. The second-order valence-corrected chi connectivity index (χ2v) is 12.4. The monoisotopic (exact) mass is 514 g/mol. The predicted octanol–water partition coefficient (Wildman–Crippen LogP) is 4.21. The quantitative estimate of drug-likeness (QED) is 0.642. The Kier molecular flexibility index (Phi) is 6.81. The lowest BCUT2D eigenvalue weighted by atomic mass is 9.81. The zero-order valence-corrected chi connectivity index (χ0v) is 23.0. The zero-order chi connectivity index (χ0) is 26.6. The van der Waals surface area contributed by atoms with E-state index in [9.17, 15) is 14.7 Å². The van der Waals surface area contributed by atoms with Gasteiger partial charge in [0.05, 0.1) is 11.3 Å². The smallest absolute Gasteiger partial charge is 0.410 e. The number of carbonyl (C=O) groups is 2. The summed E-state index contributed by atoms with van der Waals surface area (Å²) in [6.07, 6.45) is 4.87. The first-order valence-electron chi connectivity index (χ1n) is 13.7. The van der Waals surface area contributed by atoms with E-state index in [0.717, 1.165) is 12.8 Å². The predicted molar refractivity (Wildman–Crippen MR) is 141 cm³/mol. The fourth-order valence-corrected chi connectivity index (χ4v) is 6.97. The van der Waals surface area contributed by atoms with E-state index in [4.69, 9.17) is 9.47 Å². The van der Waals surface area contributed by atoms with E-state index in [1.54, 1.807) is 17.0 Å². The Morgan fingerprint density at radius 2 is 1.65 bits per heavy atom. The number of piperidine rings is 2. The SMILES string of the molecule is C[C@@H]1CN(C(=O)OC(C)(C)C)C[C@@H](C)N1C1Oc2cccc(C(=O)O)c2N1C1CC2CCCC(C1)N2C. The van der Waals surface area contributed by atoms with Crippen molar-refractivity contribution in [2.24, 2.45) is 0 Å². The number of fused-ring (bicyclic) bond motifs is 3. The van der Waals surface area contributed by atoms with E-state index in [0.29, 0.717) is 36.6 Å². The summed E-state index contributed by atoms with van der Waals surface area (Å²) in [5, 5.41) is 10.1. The van der Waals surface area contributed by atoms with Gasteiger partial charge in [0.1, 0.15) is 11.4 Å². The van der Waals surface area contributed by atoms with E-state index in [1.807, 2.05) is 26.8 Å². The van der Waals surface area contributed by atoms with Gasteiger partial charge in [-0.15, -0.1) is 0 Å². The summed E-state index contributed by atoms with van der Waals surface area (Å²) in [6.45, 7) is 10.9. The van der Waals surface area contributed by atoms with Gasteiger partial charge in [-0.05, 0) is 79.5 Å². The Morgan fingerprint density at radius 3 is 2.22 bits per heavy atom. The number of hydrogen-bond acceptors (Lipinski definition) is 7. The van der Waals surface area contributed by atoms with Crippen molar-refractivity contribution in [1.29, 1.82) is 0 Å². The number of nitrogens with zero attached hydrogens (tertiary/aromatic N) is 4. The summed E-state index contributed by atoms with van der Waals surface area (Å²) in [5.41, 5.74) is 0.436. The van der Waals surface area contributed by atoms with Crippen LogP contribution in [0.25, 0.3) is 0 Å². The van der Waals surface area contributed by atoms with Gasteiger partial charge in [-0.3, -0.25) is 0 Å². The highest BCUT2D eigenvalue weighted by atomic mass is 16.6. The molecular formula is C28H42N4O5. The molecule has 0 aromatic heterocycles. The van der Waals surface area contributed by atoms with Crippen LogP contribution in [-0.2, 0) is 4.74 Å². The summed E-state index contributed by atoms with van der Waals surface area (Å²) in [4.78, 5) is 34.1. The first kappa shape index (κ1) is 26.1. The molecule has 3 unspecified atom stereocenters. The summed E-state index contributed by atoms with van der Waals surface area (Å²) in [6, 6.07) is 6.51. The Bertz CT molecular complexity index is 1020. The molecule has 0 spiro atoms. The van der Waals surface area contributed by atoms with Crippen molar-refractivity contribution in [2.45, 2.75) is 109 Å². The second-order valence-electron chi connectivity index (χ2n) is 12.4. The topological polar surface area (TPSA) is 85.8 Å². The molecule has 4 aliphatic heterocycles. The number of ether oxygens (including phenoxy) is 2. The Morgan fingerprint density at radius 1 is 1.03 bits per heavy atom. The van der Waals surface area contributed by atoms with Crippen LogP contribution < -0.4 is 9.64 Å². The lowest BCUT2D eigenvalue weighted by molar-refractivity contribution is -0.0722. The number of rotatable bonds is 3. The maximum atomic E-state index is 12.9. The van der Waals surface area contributed by atoms with Crippen LogP contribution in [0.3, 0.4) is 0 Å². The van der Waals surface area contributed by atoms with Gasteiger partial charge in [0, 0.05) is 43.3 Å². The number of para-hydroxylation sites is 1. The fourth-order valence-electron chi connectivity index (χ4n) is 6.97. The van der Waals surface area contributed by atoms with Crippen LogP contribution in [0, 0.1) is 0 Å². The molecule has 1 amide bonds. The number of piperazine rings is 1. The van der Waals surface area contributed by atoms with E-state index in [2.05, 4.69) is 35.6 Å². The van der Waals surface area contributed by atoms with Gasteiger partial charge >= 0.3 is 12.1 Å². The highest BCUT2D eigenvalue weighted by Gasteiger charge is 2.49. The Hall–Kier alpha value is -2.52. The number of aromatic carboxylic acids is 1. The van der Waals surface area contributed by atoms with Crippen LogP contribution in [0.2, 0.25) is 0 Å². The molecule has 1 aromatic carbocycles. The summed E-state index contributed by atoms with van der Waals surface area (Å²) >= 11 is 0. The third kappa shape index (κ3) is 4.88. The maximum Gasteiger partial charge on any atom is 0.410 e. The number of anilines is 1. The van der Waals surface area contributed by atoms with Gasteiger partial charge in [0.25, 0.3) is 0 Å². The van der Waals surface area contributed by atoms with E-state index < -0.39 is 17.9 Å². The number of benzene rings is 1. The van der Waals surface area contributed by atoms with Crippen LogP contribution in [0.4, 0.5) is 10.5 Å². The molecular weight excluding hydrogens is 472 g/mol. The molecule has 37 heavy (non-hydrogen) atoms. The molecule has 2 bridgehead atoms. The molecule has 0 aliphatic carbocycles. The standard InChI is InChI=1S/C28H42N4O5/c1-17-15-30(27(35)37-28(3,4)5)16-18(2)31(17)26-32(21-13-19-9-7-10-20(14-21)29(19)6)24-22(25(33)34)11-8-12-23(24)36-26/h8,11-12,17-21,26H,7,9-10,13-16H2,1-6H3,(H,33,34)/t17-,18-,19?,20?,21?,26?/m1/s1.